The zero-order valence-electron chi connectivity index (χ0n) is 17.3. The lowest BCUT2D eigenvalue weighted by atomic mass is 10.1. The minimum absolute atomic E-state index is 0.106. The summed E-state index contributed by atoms with van der Waals surface area (Å²) in [5.74, 6) is -0.0806. The van der Waals surface area contributed by atoms with Crippen molar-refractivity contribution in [1.29, 1.82) is 0 Å². The lowest BCUT2D eigenvalue weighted by molar-refractivity contribution is -0.385. The fourth-order valence-electron chi connectivity index (χ4n) is 3.08. The van der Waals surface area contributed by atoms with E-state index in [1.54, 1.807) is 18.5 Å². The molecule has 0 radical (unpaired) electrons. The number of aromatic nitrogens is 4. The average molecular weight is 411 g/mol. The maximum absolute atomic E-state index is 12.5. The maximum Gasteiger partial charge on any atom is 0.316 e. The molecule has 0 spiro atoms. The Bertz CT molecular complexity index is 1120. The van der Waals surface area contributed by atoms with Crippen LogP contribution in [0.1, 0.15) is 28.3 Å². The number of hydrogen-bond donors (Lipinski definition) is 0. The molecule has 0 aliphatic heterocycles. The predicted molar refractivity (Wildman–Crippen MR) is 107 cm³/mol. The number of benzene rings is 1. The molecular weight excluding hydrogens is 390 g/mol. The molecule has 0 N–H and O–H groups in total. The topological polar surface area (TPSA) is 122 Å². The smallest absolute Gasteiger partial charge is 0.316 e. The van der Waals surface area contributed by atoms with Crippen molar-refractivity contribution in [3.8, 4) is 17.4 Å². The number of nitro benzene ring substituents is 1. The minimum Gasteiger partial charge on any atom is -0.496 e. The first-order valence-corrected chi connectivity index (χ1v) is 9.10. The van der Waals surface area contributed by atoms with Gasteiger partial charge in [0.2, 0.25) is 5.75 Å². The van der Waals surface area contributed by atoms with E-state index in [-0.39, 0.29) is 17.9 Å². The van der Waals surface area contributed by atoms with E-state index in [9.17, 15) is 14.9 Å². The summed E-state index contributed by atoms with van der Waals surface area (Å²) in [6, 6.07) is 5.88. The van der Waals surface area contributed by atoms with E-state index < -0.39 is 10.9 Å². The van der Waals surface area contributed by atoms with Gasteiger partial charge in [-0.05, 0) is 45.9 Å². The summed E-state index contributed by atoms with van der Waals surface area (Å²) in [7, 11) is 1.40. The van der Waals surface area contributed by atoms with Gasteiger partial charge in [-0.15, -0.1) is 0 Å². The highest BCUT2D eigenvalue weighted by atomic mass is 16.6. The number of rotatable bonds is 6. The summed E-state index contributed by atoms with van der Waals surface area (Å²) < 4.78 is 11.8. The Labute approximate surface area is 172 Å². The highest BCUT2D eigenvalue weighted by molar-refractivity contribution is 5.77. The summed E-state index contributed by atoms with van der Waals surface area (Å²) in [6.45, 7) is 7.30. The number of ether oxygens (including phenoxy) is 2. The van der Waals surface area contributed by atoms with Gasteiger partial charge in [-0.3, -0.25) is 14.9 Å². The van der Waals surface area contributed by atoms with Crippen LogP contribution >= 0.6 is 0 Å². The van der Waals surface area contributed by atoms with Crippen LogP contribution in [-0.2, 0) is 11.2 Å². The third-order valence-corrected chi connectivity index (χ3v) is 4.51. The lowest BCUT2D eigenvalue weighted by Crippen LogP contribution is -2.14. The molecule has 0 bridgehead atoms. The van der Waals surface area contributed by atoms with E-state index in [2.05, 4.69) is 15.1 Å². The number of esters is 1. The molecule has 3 rings (SSSR count). The number of carbonyl (C=O) groups is 1. The molecule has 2 aromatic heterocycles. The Kier molecular flexibility index (Phi) is 5.77. The molecule has 1 aromatic carbocycles. The van der Waals surface area contributed by atoms with Gasteiger partial charge in [-0.25, -0.2) is 14.6 Å². The fourth-order valence-corrected chi connectivity index (χ4v) is 3.08. The van der Waals surface area contributed by atoms with E-state index in [0.29, 0.717) is 28.6 Å². The second kappa shape index (κ2) is 8.27. The number of nitrogens with zero attached hydrogens (tertiary/aromatic N) is 5. The molecular formula is C20H21N5O5. The number of carbonyl (C=O) groups excluding carboxylic acids is 1. The third kappa shape index (κ3) is 4.27. The number of nitro groups is 1. The van der Waals surface area contributed by atoms with Gasteiger partial charge in [0.25, 0.3) is 5.95 Å². The SMILES string of the molecule is COc1ccc(OC(=O)Cc2c(C)nn(-c3nc(C)cc(C)n3)c2C)c([N+](=O)[O-])c1. The molecule has 156 valence electrons. The highest BCUT2D eigenvalue weighted by Crippen LogP contribution is 2.31. The van der Waals surface area contributed by atoms with Crippen molar-refractivity contribution in [2.24, 2.45) is 0 Å². The zero-order chi connectivity index (χ0) is 22.0. The van der Waals surface area contributed by atoms with E-state index >= 15 is 0 Å². The Morgan fingerprint density at radius 1 is 1.13 bits per heavy atom. The van der Waals surface area contributed by atoms with Crippen molar-refractivity contribution < 1.29 is 19.2 Å². The van der Waals surface area contributed by atoms with Crippen LogP contribution in [0.3, 0.4) is 0 Å². The van der Waals surface area contributed by atoms with Gasteiger partial charge in [-0.2, -0.15) is 5.10 Å². The lowest BCUT2D eigenvalue weighted by Gasteiger charge is -2.08. The van der Waals surface area contributed by atoms with Gasteiger partial charge in [0.15, 0.2) is 0 Å². The molecule has 0 fully saturated rings. The number of aryl methyl sites for hydroxylation is 3. The van der Waals surface area contributed by atoms with Gasteiger partial charge in [0, 0.05) is 22.6 Å². The molecule has 10 heteroatoms. The summed E-state index contributed by atoms with van der Waals surface area (Å²) in [6.07, 6.45) is -0.106. The number of methoxy groups -OCH3 is 1. The first kappa shape index (κ1) is 20.9. The molecule has 2 heterocycles. The van der Waals surface area contributed by atoms with Crippen molar-refractivity contribution >= 4 is 11.7 Å². The Morgan fingerprint density at radius 3 is 2.40 bits per heavy atom. The molecule has 0 aliphatic carbocycles. The van der Waals surface area contributed by atoms with E-state index in [4.69, 9.17) is 9.47 Å². The van der Waals surface area contributed by atoms with Gasteiger partial charge in [0.1, 0.15) is 5.75 Å². The quantitative estimate of drug-likeness (QED) is 0.263. The molecule has 3 aromatic rings. The molecule has 0 unspecified atom stereocenters. The van der Waals surface area contributed by atoms with E-state index in [1.165, 1.54) is 25.3 Å². The third-order valence-electron chi connectivity index (χ3n) is 4.51. The second-order valence-electron chi connectivity index (χ2n) is 6.75. The van der Waals surface area contributed by atoms with Gasteiger partial charge in [0.05, 0.1) is 30.2 Å². The van der Waals surface area contributed by atoms with Crippen LogP contribution < -0.4 is 9.47 Å². The van der Waals surface area contributed by atoms with Crippen LogP contribution in [-0.4, -0.2) is 37.8 Å². The minimum atomic E-state index is -0.643. The van der Waals surface area contributed by atoms with E-state index in [1.807, 2.05) is 19.9 Å². The van der Waals surface area contributed by atoms with Crippen molar-refractivity contribution in [3.63, 3.8) is 0 Å². The van der Waals surface area contributed by atoms with Crippen LogP contribution in [0.5, 0.6) is 11.5 Å². The molecule has 10 nitrogen and oxygen atoms in total. The van der Waals surface area contributed by atoms with Crippen LogP contribution in [0, 0.1) is 37.8 Å². The first-order chi connectivity index (χ1) is 14.2. The first-order valence-electron chi connectivity index (χ1n) is 9.10. The van der Waals surface area contributed by atoms with E-state index in [0.717, 1.165) is 11.4 Å². The summed E-state index contributed by atoms with van der Waals surface area (Å²) in [4.78, 5) is 32.0. The Morgan fingerprint density at radius 2 is 1.80 bits per heavy atom. The highest BCUT2D eigenvalue weighted by Gasteiger charge is 2.22. The van der Waals surface area contributed by atoms with Gasteiger partial charge >= 0.3 is 11.7 Å². The number of hydrogen-bond acceptors (Lipinski definition) is 8. The average Bonchev–Trinajstić information content (AvgIpc) is 2.95. The molecule has 30 heavy (non-hydrogen) atoms. The van der Waals surface area contributed by atoms with Gasteiger partial charge < -0.3 is 9.47 Å². The molecule has 0 atom stereocenters. The molecule has 0 aliphatic rings. The monoisotopic (exact) mass is 411 g/mol. The molecule has 0 saturated carbocycles. The van der Waals surface area contributed by atoms with Crippen LogP contribution in [0.4, 0.5) is 5.69 Å². The van der Waals surface area contributed by atoms with Gasteiger partial charge in [-0.1, -0.05) is 0 Å². The molecule has 0 saturated heterocycles. The van der Waals surface area contributed by atoms with Crippen LogP contribution in [0.15, 0.2) is 24.3 Å². The second-order valence-corrected chi connectivity index (χ2v) is 6.75. The molecule has 0 amide bonds. The summed E-state index contributed by atoms with van der Waals surface area (Å²) in [5, 5.41) is 15.7. The Balaban J connectivity index is 1.86. The maximum atomic E-state index is 12.5. The van der Waals surface area contributed by atoms with Crippen LogP contribution in [0.25, 0.3) is 5.95 Å². The Hall–Kier alpha value is -3.82. The van der Waals surface area contributed by atoms with Crippen molar-refractivity contribution in [1.82, 2.24) is 19.7 Å². The normalized spacial score (nSPS) is 10.7. The largest absolute Gasteiger partial charge is 0.496 e. The van der Waals surface area contributed by atoms with Crippen molar-refractivity contribution in [3.05, 3.63) is 62.7 Å². The van der Waals surface area contributed by atoms with Crippen molar-refractivity contribution in [2.45, 2.75) is 34.1 Å². The summed E-state index contributed by atoms with van der Waals surface area (Å²) in [5.41, 5.74) is 3.22. The summed E-state index contributed by atoms with van der Waals surface area (Å²) >= 11 is 0. The predicted octanol–water partition coefficient (Wildman–Crippen LogP) is 2.96. The zero-order valence-corrected chi connectivity index (χ0v) is 17.3. The van der Waals surface area contributed by atoms with Crippen molar-refractivity contribution in [2.75, 3.05) is 7.11 Å². The van der Waals surface area contributed by atoms with Crippen LogP contribution in [0.2, 0.25) is 0 Å². The fraction of sp³-hybridized carbons (Fsp3) is 0.300. The standard InChI is InChI=1S/C20H21N5O5/c1-11-8-12(2)22-20(21-11)24-14(4)16(13(3)23-24)10-19(26)30-18-7-6-15(29-5)9-17(18)25(27)28/h6-9H,10H2,1-5H3.